The van der Waals surface area contributed by atoms with Crippen molar-refractivity contribution >= 4 is 44.6 Å². The summed E-state index contributed by atoms with van der Waals surface area (Å²) < 4.78 is 35.5. The minimum atomic E-state index is -4.03. The Hall–Kier alpha value is -4.47. The number of nitrogens with zero attached hydrogens (tertiary/aromatic N) is 4. The van der Waals surface area contributed by atoms with E-state index in [-0.39, 0.29) is 42.8 Å². The number of carbonyl (C=O) groups excluding carboxylic acids is 3. The molecule has 2 aromatic rings. The Bertz CT molecular complexity index is 2110. The van der Waals surface area contributed by atoms with E-state index in [0.717, 1.165) is 11.3 Å². The van der Waals surface area contributed by atoms with E-state index in [4.69, 9.17) is 4.74 Å². The highest BCUT2D eigenvalue weighted by atomic mass is 32.2. The Morgan fingerprint density at radius 1 is 1.09 bits per heavy atom. The molecule has 2 aliphatic carbocycles. The lowest BCUT2D eigenvalue weighted by Gasteiger charge is -2.43. The van der Waals surface area contributed by atoms with E-state index in [1.54, 1.807) is 52.0 Å². The molecule has 0 unspecified atom stereocenters. The van der Waals surface area contributed by atoms with Gasteiger partial charge in [-0.05, 0) is 104 Å². The molecule has 4 aliphatic rings. The molecule has 15 nitrogen and oxygen atoms in total. The lowest BCUT2D eigenvalue weighted by molar-refractivity contribution is -0.146. The lowest BCUT2D eigenvalue weighted by Crippen LogP contribution is -2.62. The zero-order valence-electron chi connectivity index (χ0n) is 33.6. The lowest BCUT2D eigenvalue weighted by atomic mass is 9.85. The van der Waals surface area contributed by atoms with Crippen molar-refractivity contribution in [2.24, 2.45) is 17.8 Å². The number of ether oxygens (including phenoxy) is 1. The fourth-order valence-corrected chi connectivity index (χ4v) is 9.65. The predicted molar refractivity (Wildman–Crippen MR) is 209 cm³/mol. The quantitative estimate of drug-likeness (QED) is 0.339. The number of benzene rings is 1. The predicted octanol–water partition coefficient (Wildman–Crippen LogP) is 4.36. The number of hydrogen-bond acceptors (Lipinski definition) is 9. The standard InChI is InChI=1S/C40H56N6O9S/c1-23(2)46-34(48)29-16-12-11-15-28(29)33(42-46)55-27-20-30-32(47)41-40(36(50)43-56(53,54)39(8)17-18-39)21-26(40)14-10-9-13-24(3)19-25(4)31(35(49)44(30)22-27)45(37(51)52)38(5,6)7/h10-12,14-16,23-27,30-31H,9,13,17-22H2,1-8H3,(H,41,47)(H,43,50)(H,51,52)/b14-10-/t24-,25-,26-,27-,30+,31+,40-/m1/s1. The van der Waals surface area contributed by atoms with Gasteiger partial charge in [0.15, 0.2) is 0 Å². The Kier molecular flexibility index (Phi) is 10.9. The molecule has 6 rings (SSSR count). The van der Waals surface area contributed by atoms with Crippen LogP contribution < -0.4 is 20.3 Å². The molecule has 0 spiro atoms. The number of allylic oxidation sites excluding steroid dienone is 1. The van der Waals surface area contributed by atoms with Gasteiger partial charge in [0.25, 0.3) is 11.5 Å². The largest absolute Gasteiger partial charge is 0.471 e. The van der Waals surface area contributed by atoms with Crippen LogP contribution in [0.2, 0.25) is 0 Å². The van der Waals surface area contributed by atoms with Gasteiger partial charge in [-0.1, -0.05) is 38.1 Å². The second-order valence-electron chi connectivity index (χ2n) is 17.9. The monoisotopic (exact) mass is 796 g/mol. The van der Waals surface area contributed by atoms with Gasteiger partial charge in [0, 0.05) is 17.9 Å². The first-order valence-electron chi connectivity index (χ1n) is 19.7. The van der Waals surface area contributed by atoms with Crippen LogP contribution in [0.3, 0.4) is 0 Å². The van der Waals surface area contributed by atoms with Crippen LogP contribution in [0.1, 0.15) is 106 Å². The summed E-state index contributed by atoms with van der Waals surface area (Å²) in [6, 6.07) is 4.16. The van der Waals surface area contributed by atoms with Crippen molar-refractivity contribution in [3.8, 4) is 5.88 Å². The molecule has 2 saturated carbocycles. The third-order valence-electron chi connectivity index (χ3n) is 12.0. The second-order valence-corrected chi connectivity index (χ2v) is 20.1. The maximum Gasteiger partial charge on any atom is 0.408 e. The summed E-state index contributed by atoms with van der Waals surface area (Å²) in [6.45, 7) is 14.1. The van der Waals surface area contributed by atoms with Crippen LogP contribution in [-0.2, 0) is 24.4 Å². The topological polar surface area (TPSA) is 197 Å². The van der Waals surface area contributed by atoms with Crippen LogP contribution in [-0.4, -0.2) is 97.5 Å². The van der Waals surface area contributed by atoms with Crippen LogP contribution in [0, 0.1) is 17.8 Å². The van der Waals surface area contributed by atoms with E-state index in [9.17, 15) is 32.7 Å². The van der Waals surface area contributed by atoms with Crippen LogP contribution >= 0.6 is 0 Å². The van der Waals surface area contributed by atoms with Crippen molar-refractivity contribution < 1.29 is 37.4 Å². The number of hydrogen-bond donors (Lipinski definition) is 3. The first kappa shape index (κ1) is 41.2. The van der Waals surface area contributed by atoms with Crippen molar-refractivity contribution in [2.75, 3.05) is 6.54 Å². The molecule has 0 bridgehead atoms. The summed E-state index contributed by atoms with van der Waals surface area (Å²) in [5.41, 5.74) is -2.88. The normalized spacial score (nSPS) is 30.0. The van der Waals surface area contributed by atoms with Crippen molar-refractivity contribution in [2.45, 2.75) is 140 Å². The highest BCUT2D eigenvalue weighted by Gasteiger charge is 2.63. The molecule has 7 atom stereocenters. The Balaban J connectivity index is 1.42. The number of nitrogens with one attached hydrogen (secondary N) is 2. The van der Waals surface area contributed by atoms with E-state index in [1.807, 2.05) is 39.8 Å². The molecule has 3 N–H and O–H groups in total. The van der Waals surface area contributed by atoms with Crippen molar-refractivity contribution in [1.29, 1.82) is 0 Å². The van der Waals surface area contributed by atoms with Gasteiger partial charge in [0.05, 0.1) is 28.1 Å². The average molecular weight is 797 g/mol. The molecular weight excluding hydrogens is 741 g/mol. The molecule has 1 saturated heterocycles. The molecule has 3 heterocycles. The average Bonchev–Trinajstić information content (AvgIpc) is 3.98. The molecule has 2 aliphatic heterocycles. The van der Waals surface area contributed by atoms with E-state index in [2.05, 4.69) is 15.1 Å². The molecule has 56 heavy (non-hydrogen) atoms. The van der Waals surface area contributed by atoms with Crippen LogP contribution in [0.5, 0.6) is 5.88 Å². The summed E-state index contributed by atoms with van der Waals surface area (Å²) in [7, 11) is -4.03. The first-order valence-corrected chi connectivity index (χ1v) is 21.1. The number of rotatable bonds is 7. The highest BCUT2D eigenvalue weighted by Crippen LogP contribution is 2.48. The molecule has 16 heteroatoms. The minimum absolute atomic E-state index is 0.0525. The van der Waals surface area contributed by atoms with E-state index in [0.29, 0.717) is 36.5 Å². The second kappa shape index (κ2) is 14.8. The van der Waals surface area contributed by atoms with Gasteiger partial charge in [-0.15, -0.1) is 5.10 Å². The van der Waals surface area contributed by atoms with E-state index in [1.165, 1.54) is 9.58 Å². The molecular formula is C40H56N6O9S. The van der Waals surface area contributed by atoms with Gasteiger partial charge in [0.1, 0.15) is 23.7 Å². The van der Waals surface area contributed by atoms with Crippen molar-refractivity contribution in [3.63, 3.8) is 0 Å². The molecule has 4 amide bonds. The fourth-order valence-electron chi connectivity index (χ4n) is 8.34. The summed E-state index contributed by atoms with van der Waals surface area (Å²) >= 11 is 0. The number of carboxylic acid groups (broad SMARTS) is 1. The maximum atomic E-state index is 15.1. The SMILES string of the molecule is CC(C)n1nc(O[C@@H]2C[C@H]3C(=O)N[C@]4(C(=O)NS(=O)(=O)C5(C)CC5)C[C@H]4/C=C\CC[C@@H](C)C[C@@H](C)[C@H](N(C(=O)O)C(C)(C)C)C(=O)N3C2)c2ccccc2c1=O. The Morgan fingerprint density at radius 2 is 1.75 bits per heavy atom. The number of aromatic nitrogens is 2. The summed E-state index contributed by atoms with van der Waals surface area (Å²) in [5.74, 6) is -2.83. The summed E-state index contributed by atoms with van der Waals surface area (Å²) in [5, 5.41) is 18.9. The van der Waals surface area contributed by atoms with E-state index < -0.39 is 79.7 Å². The van der Waals surface area contributed by atoms with Gasteiger partial charge in [-0.3, -0.25) is 28.8 Å². The van der Waals surface area contributed by atoms with Crippen LogP contribution in [0.25, 0.3) is 10.8 Å². The third-order valence-corrected chi connectivity index (χ3v) is 14.1. The van der Waals surface area contributed by atoms with Gasteiger partial charge >= 0.3 is 6.09 Å². The van der Waals surface area contributed by atoms with Crippen molar-refractivity contribution in [1.82, 2.24) is 29.6 Å². The Morgan fingerprint density at radius 3 is 2.36 bits per heavy atom. The third kappa shape index (κ3) is 7.77. The maximum absolute atomic E-state index is 15.1. The molecule has 1 aromatic heterocycles. The smallest absolute Gasteiger partial charge is 0.408 e. The summed E-state index contributed by atoms with van der Waals surface area (Å²) in [6.07, 6.45) is 4.48. The number of amides is 4. The van der Waals surface area contributed by atoms with Gasteiger partial charge in [-0.25, -0.2) is 17.9 Å². The van der Waals surface area contributed by atoms with Crippen LogP contribution in [0.15, 0.2) is 41.2 Å². The molecule has 306 valence electrons. The minimum Gasteiger partial charge on any atom is -0.471 e. The van der Waals surface area contributed by atoms with Gasteiger partial charge in [0.2, 0.25) is 27.7 Å². The molecule has 3 fully saturated rings. The van der Waals surface area contributed by atoms with E-state index >= 15 is 4.79 Å². The first-order chi connectivity index (χ1) is 26.1. The number of carbonyl (C=O) groups is 4. The van der Waals surface area contributed by atoms with Gasteiger partial charge < -0.3 is 20.1 Å². The number of fused-ring (bicyclic) bond motifs is 3. The highest BCUT2D eigenvalue weighted by molar-refractivity contribution is 7.91. The molecule has 1 aromatic carbocycles. The van der Waals surface area contributed by atoms with Gasteiger partial charge in [-0.2, -0.15) is 0 Å². The Labute approximate surface area is 328 Å². The number of sulfonamides is 1. The zero-order valence-corrected chi connectivity index (χ0v) is 34.4. The summed E-state index contributed by atoms with van der Waals surface area (Å²) in [4.78, 5) is 72.5. The van der Waals surface area contributed by atoms with Crippen LogP contribution in [0.4, 0.5) is 4.79 Å². The zero-order chi connectivity index (χ0) is 41.1. The fraction of sp³-hybridized carbons (Fsp3) is 0.650. The van der Waals surface area contributed by atoms with Crippen molar-refractivity contribution in [3.05, 3.63) is 46.8 Å². The molecule has 0 radical (unpaired) electrons.